The SMILES string of the molecule is CCN(C)c1nc(N)c(C(=O)N(C)CC2CCC2)s1. The number of nitrogens with two attached hydrogens (primary N) is 1. The van der Waals surface area contributed by atoms with Gasteiger partial charge in [-0.25, -0.2) is 4.98 Å². The summed E-state index contributed by atoms with van der Waals surface area (Å²) in [5, 5.41) is 0.806. The van der Waals surface area contributed by atoms with E-state index in [1.165, 1.54) is 30.6 Å². The maximum Gasteiger partial charge on any atom is 0.267 e. The normalized spacial score (nSPS) is 15.1. The summed E-state index contributed by atoms with van der Waals surface area (Å²) in [6.07, 6.45) is 3.76. The maximum absolute atomic E-state index is 12.4. The van der Waals surface area contributed by atoms with E-state index >= 15 is 0 Å². The van der Waals surface area contributed by atoms with Crippen LogP contribution in [0.4, 0.5) is 10.9 Å². The van der Waals surface area contributed by atoms with Crippen LogP contribution in [0, 0.1) is 5.92 Å². The van der Waals surface area contributed by atoms with Crippen LogP contribution in [0.1, 0.15) is 35.9 Å². The molecule has 19 heavy (non-hydrogen) atoms. The zero-order chi connectivity index (χ0) is 14.0. The Morgan fingerprint density at radius 2 is 2.16 bits per heavy atom. The van der Waals surface area contributed by atoms with Crippen LogP contribution in [0.15, 0.2) is 0 Å². The van der Waals surface area contributed by atoms with Gasteiger partial charge < -0.3 is 15.5 Å². The minimum Gasteiger partial charge on any atom is -0.382 e. The zero-order valence-electron chi connectivity index (χ0n) is 11.8. The van der Waals surface area contributed by atoms with Gasteiger partial charge in [0.2, 0.25) is 0 Å². The highest BCUT2D eigenvalue weighted by molar-refractivity contribution is 7.18. The predicted molar refractivity (Wildman–Crippen MR) is 79.8 cm³/mol. The average Bonchev–Trinajstić information content (AvgIpc) is 2.73. The van der Waals surface area contributed by atoms with E-state index in [2.05, 4.69) is 4.98 Å². The molecule has 6 heteroatoms. The molecule has 2 rings (SSSR count). The van der Waals surface area contributed by atoms with Gasteiger partial charge in [0.15, 0.2) is 5.13 Å². The number of hydrogen-bond acceptors (Lipinski definition) is 5. The Balaban J connectivity index is 2.07. The first-order valence-corrected chi connectivity index (χ1v) is 7.57. The third-order valence-corrected chi connectivity index (χ3v) is 4.91. The molecule has 0 atom stereocenters. The number of nitrogen functional groups attached to an aromatic ring is 1. The number of aromatic nitrogens is 1. The predicted octanol–water partition coefficient (Wildman–Crippen LogP) is 2.05. The summed E-state index contributed by atoms with van der Waals surface area (Å²) in [5.74, 6) is 1.02. The second-order valence-electron chi connectivity index (χ2n) is 5.21. The van der Waals surface area contributed by atoms with Crippen molar-refractivity contribution in [2.75, 3.05) is 37.8 Å². The fourth-order valence-electron chi connectivity index (χ4n) is 2.09. The van der Waals surface area contributed by atoms with Crippen molar-refractivity contribution in [3.8, 4) is 0 Å². The molecule has 0 saturated heterocycles. The molecule has 0 spiro atoms. The summed E-state index contributed by atoms with van der Waals surface area (Å²) in [5.41, 5.74) is 5.88. The molecule has 0 radical (unpaired) electrons. The molecule has 1 aliphatic rings. The Morgan fingerprint density at radius 3 is 2.68 bits per heavy atom. The Labute approximate surface area is 118 Å². The molecule has 1 aromatic rings. The molecule has 1 fully saturated rings. The van der Waals surface area contributed by atoms with Gasteiger partial charge in [-0.1, -0.05) is 17.8 Å². The van der Waals surface area contributed by atoms with Crippen LogP contribution in [0.3, 0.4) is 0 Å². The molecule has 0 aromatic carbocycles. The number of thiazole rings is 1. The lowest BCUT2D eigenvalue weighted by Crippen LogP contribution is -2.34. The van der Waals surface area contributed by atoms with Crippen molar-refractivity contribution in [3.05, 3.63) is 4.88 Å². The lowest BCUT2D eigenvalue weighted by atomic mass is 9.85. The molecular formula is C13H22N4OS. The van der Waals surface area contributed by atoms with Crippen molar-refractivity contribution in [1.82, 2.24) is 9.88 Å². The molecule has 1 aromatic heterocycles. The fraction of sp³-hybridized carbons (Fsp3) is 0.692. The molecule has 0 bridgehead atoms. The number of rotatable bonds is 5. The van der Waals surface area contributed by atoms with Crippen molar-refractivity contribution in [2.24, 2.45) is 5.92 Å². The Kier molecular flexibility index (Phi) is 4.29. The molecule has 1 saturated carbocycles. The summed E-state index contributed by atoms with van der Waals surface area (Å²) < 4.78 is 0. The van der Waals surface area contributed by atoms with E-state index in [4.69, 9.17) is 5.73 Å². The van der Waals surface area contributed by atoms with Gasteiger partial charge in [-0.05, 0) is 25.7 Å². The van der Waals surface area contributed by atoms with Crippen molar-refractivity contribution in [1.29, 1.82) is 0 Å². The summed E-state index contributed by atoms with van der Waals surface area (Å²) >= 11 is 1.38. The van der Waals surface area contributed by atoms with Gasteiger partial charge in [-0.3, -0.25) is 4.79 Å². The van der Waals surface area contributed by atoms with Crippen LogP contribution in [0.25, 0.3) is 0 Å². The summed E-state index contributed by atoms with van der Waals surface area (Å²) in [6, 6.07) is 0. The van der Waals surface area contributed by atoms with E-state index in [9.17, 15) is 4.79 Å². The molecule has 5 nitrogen and oxygen atoms in total. The average molecular weight is 282 g/mol. The van der Waals surface area contributed by atoms with Crippen LogP contribution < -0.4 is 10.6 Å². The number of carbonyl (C=O) groups is 1. The molecule has 0 unspecified atom stereocenters. The lowest BCUT2D eigenvalue weighted by Gasteiger charge is -2.29. The number of hydrogen-bond donors (Lipinski definition) is 1. The van der Waals surface area contributed by atoms with Crippen molar-refractivity contribution in [3.63, 3.8) is 0 Å². The first-order valence-electron chi connectivity index (χ1n) is 6.75. The molecular weight excluding hydrogens is 260 g/mol. The highest BCUT2D eigenvalue weighted by Crippen LogP contribution is 2.30. The van der Waals surface area contributed by atoms with Gasteiger partial charge in [-0.2, -0.15) is 0 Å². The van der Waals surface area contributed by atoms with Gasteiger partial charge in [0, 0.05) is 27.2 Å². The van der Waals surface area contributed by atoms with E-state index in [0.29, 0.717) is 16.6 Å². The van der Waals surface area contributed by atoms with Gasteiger partial charge >= 0.3 is 0 Å². The standard InChI is InChI=1S/C13H22N4OS/c1-4-16(2)13-15-11(14)10(19-13)12(18)17(3)8-9-6-5-7-9/h9H,4-8,14H2,1-3H3. The zero-order valence-corrected chi connectivity index (χ0v) is 12.7. The van der Waals surface area contributed by atoms with Crippen LogP contribution in [0.2, 0.25) is 0 Å². The van der Waals surface area contributed by atoms with E-state index in [0.717, 1.165) is 18.2 Å². The van der Waals surface area contributed by atoms with Gasteiger partial charge in [0.05, 0.1) is 0 Å². The first-order chi connectivity index (χ1) is 9.02. The molecule has 1 amide bonds. The largest absolute Gasteiger partial charge is 0.382 e. The molecule has 106 valence electrons. The van der Waals surface area contributed by atoms with Crippen molar-refractivity contribution in [2.45, 2.75) is 26.2 Å². The minimum atomic E-state index is -0.00217. The van der Waals surface area contributed by atoms with Gasteiger partial charge in [0.1, 0.15) is 10.7 Å². The Morgan fingerprint density at radius 1 is 1.47 bits per heavy atom. The second-order valence-corrected chi connectivity index (χ2v) is 6.19. The third-order valence-electron chi connectivity index (χ3n) is 3.74. The van der Waals surface area contributed by atoms with Crippen LogP contribution >= 0.6 is 11.3 Å². The molecule has 1 heterocycles. The fourth-order valence-corrected chi connectivity index (χ4v) is 3.10. The number of carbonyl (C=O) groups excluding carboxylic acids is 1. The number of amides is 1. The van der Waals surface area contributed by atoms with Gasteiger partial charge in [-0.15, -0.1) is 0 Å². The quantitative estimate of drug-likeness (QED) is 0.898. The van der Waals surface area contributed by atoms with E-state index in [1.54, 1.807) is 4.90 Å². The monoisotopic (exact) mass is 282 g/mol. The van der Waals surface area contributed by atoms with E-state index < -0.39 is 0 Å². The van der Waals surface area contributed by atoms with Crippen LogP contribution in [-0.4, -0.2) is 43.0 Å². The molecule has 2 N–H and O–H groups in total. The smallest absolute Gasteiger partial charge is 0.267 e. The summed E-state index contributed by atoms with van der Waals surface area (Å²) in [4.78, 5) is 21.0. The van der Waals surface area contributed by atoms with Crippen molar-refractivity contribution >= 4 is 28.2 Å². The highest BCUT2D eigenvalue weighted by Gasteiger charge is 2.25. The van der Waals surface area contributed by atoms with Crippen LogP contribution in [0.5, 0.6) is 0 Å². The topological polar surface area (TPSA) is 62.5 Å². The summed E-state index contributed by atoms with van der Waals surface area (Å²) in [6.45, 7) is 3.72. The highest BCUT2D eigenvalue weighted by atomic mass is 32.1. The molecule has 0 aliphatic heterocycles. The maximum atomic E-state index is 12.4. The number of nitrogens with zero attached hydrogens (tertiary/aromatic N) is 3. The Hall–Kier alpha value is -1.30. The molecule has 1 aliphatic carbocycles. The van der Waals surface area contributed by atoms with Crippen molar-refractivity contribution < 1.29 is 4.79 Å². The second kappa shape index (κ2) is 5.77. The Bertz CT molecular complexity index is 455. The van der Waals surface area contributed by atoms with Gasteiger partial charge in [0.25, 0.3) is 5.91 Å². The minimum absolute atomic E-state index is 0.00217. The van der Waals surface area contributed by atoms with E-state index in [-0.39, 0.29) is 5.91 Å². The first kappa shape index (κ1) is 14.1. The summed E-state index contributed by atoms with van der Waals surface area (Å²) in [7, 11) is 3.80. The van der Waals surface area contributed by atoms with Crippen LogP contribution in [-0.2, 0) is 0 Å². The third kappa shape index (κ3) is 3.00. The lowest BCUT2D eigenvalue weighted by molar-refractivity contribution is 0.0751. The van der Waals surface area contributed by atoms with E-state index in [1.807, 2.05) is 25.9 Å². The number of anilines is 2.